The quantitative estimate of drug-likeness (QED) is 0.231. The molecular formula is C26H24N6O3. The molecule has 9 heteroatoms. The standard InChI is InChI=1S/C26H24N6O3/c27-24(28)17-8-9-20-21(12-17)32-25(31-20)23-19(7-4-10-29-23)26(33)30-13-18(22-14-34-15-35-22)11-16-5-2-1-3-6-16/h1-10,12,14,18H,11,13,15H2,(H3,27,28)(H,30,33)(H,31,32). The molecule has 4 aromatic rings. The van der Waals surface area contributed by atoms with Crippen molar-refractivity contribution in [1.29, 1.82) is 5.41 Å². The van der Waals surface area contributed by atoms with Crippen molar-refractivity contribution in [1.82, 2.24) is 20.3 Å². The van der Waals surface area contributed by atoms with E-state index in [1.54, 1.807) is 42.8 Å². The number of hydrogen-bond donors (Lipinski definition) is 4. The number of amides is 1. The number of imidazole rings is 1. The third kappa shape index (κ3) is 4.84. The van der Waals surface area contributed by atoms with Crippen LogP contribution >= 0.6 is 0 Å². The van der Waals surface area contributed by atoms with Crippen LogP contribution in [0, 0.1) is 11.3 Å². The van der Waals surface area contributed by atoms with Crippen molar-refractivity contribution >= 4 is 22.8 Å². The number of nitrogen functional groups attached to an aromatic ring is 1. The van der Waals surface area contributed by atoms with Crippen LogP contribution in [-0.4, -0.2) is 40.0 Å². The maximum Gasteiger partial charge on any atom is 0.253 e. The average Bonchev–Trinajstić information content (AvgIpc) is 3.57. The molecule has 5 N–H and O–H groups in total. The van der Waals surface area contributed by atoms with Gasteiger partial charge in [0.05, 0.1) is 16.6 Å². The van der Waals surface area contributed by atoms with Crippen molar-refractivity contribution in [2.75, 3.05) is 13.3 Å². The molecule has 0 spiro atoms. The summed E-state index contributed by atoms with van der Waals surface area (Å²) in [7, 11) is 0. The van der Waals surface area contributed by atoms with Crippen molar-refractivity contribution in [3.63, 3.8) is 0 Å². The number of ether oxygens (including phenoxy) is 2. The van der Waals surface area contributed by atoms with E-state index in [-0.39, 0.29) is 24.5 Å². The molecule has 0 saturated heterocycles. The Bertz CT molecular complexity index is 1410. The summed E-state index contributed by atoms with van der Waals surface area (Å²) in [5.74, 6) is 0.781. The minimum Gasteiger partial charge on any atom is -0.462 e. The minimum atomic E-state index is -0.268. The molecule has 5 rings (SSSR count). The van der Waals surface area contributed by atoms with Crippen molar-refractivity contribution in [3.8, 4) is 11.5 Å². The lowest BCUT2D eigenvalue weighted by Gasteiger charge is -2.18. The van der Waals surface area contributed by atoms with Gasteiger partial charge in [0.25, 0.3) is 5.91 Å². The van der Waals surface area contributed by atoms with Crippen LogP contribution in [0.25, 0.3) is 22.6 Å². The molecule has 1 atom stereocenters. The summed E-state index contributed by atoms with van der Waals surface area (Å²) in [4.78, 5) is 25.5. The number of aromatic amines is 1. The van der Waals surface area contributed by atoms with Gasteiger partial charge in [-0.15, -0.1) is 0 Å². The Labute approximate surface area is 201 Å². The van der Waals surface area contributed by atoms with E-state index in [0.29, 0.717) is 46.9 Å². The summed E-state index contributed by atoms with van der Waals surface area (Å²) in [6, 6.07) is 18.7. The summed E-state index contributed by atoms with van der Waals surface area (Å²) in [5.41, 5.74) is 9.54. The fourth-order valence-corrected chi connectivity index (χ4v) is 4.01. The molecule has 35 heavy (non-hydrogen) atoms. The maximum absolute atomic E-state index is 13.2. The molecule has 0 bridgehead atoms. The van der Waals surface area contributed by atoms with Crippen LogP contribution in [0.5, 0.6) is 0 Å². The Morgan fingerprint density at radius 3 is 2.80 bits per heavy atom. The molecule has 0 saturated carbocycles. The van der Waals surface area contributed by atoms with Crippen LogP contribution in [0.15, 0.2) is 78.9 Å². The fourth-order valence-electron chi connectivity index (χ4n) is 4.01. The van der Waals surface area contributed by atoms with Gasteiger partial charge < -0.3 is 25.5 Å². The number of benzene rings is 2. The van der Waals surface area contributed by atoms with Gasteiger partial charge in [-0.25, -0.2) is 4.98 Å². The van der Waals surface area contributed by atoms with E-state index < -0.39 is 0 Å². The van der Waals surface area contributed by atoms with E-state index in [9.17, 15) is 4.79 Å². The number of pyridine rings is 1. The number of rotatable bonds is 8. The SMILES string of the molecule is N=C(N)c1ccc2[nH]c(-c3ncccc3C(=O)NCC(Cc3ccccc3)C3=COCO3)nc2c1. The second kappa shape index (κ2) is 9.68. The molecule has 0 radical (unpaired) electrons. The van der Waals surface area contributed by atoms with E-state index in [4.69, 9.17) is 20.6 Å². The van der Waals surface area contributed by atoms with Gasteiger partial charge in [-0.2, -0.15) is 0 Å². The van der Waals surface area contributed by atoms with Gasteiger partial charge in [0, 0.05) is 24.2 Å². The van der Waals surface area contributed by atoms with Gasteiger partial charge in [-0.05, 0) is 42.3 Å². The van der Waals surface area contributed by atoms with Gasteiger partial charge in [-0.1, -0.05) is 30.3 Å². The summed E-state index contributed by atoms with van der Waals surface area (Å²) in [5, 5.41) is 10.7. The Morgan fingerprint density at radius 1 is 1.17 bits per heavy atom. The van der Waals surface area contributed by atoms with Crippen LogP contribution in [0.4, 0.5) is 0 Å². The van der Waals surface area contributed by atoms with Crippen LogP contribution < -0.4 is 11.1 Å². The predicted octanol–water partition coefficient (Wildman–Crippen LogP) is 3.34. The van der Waals surface area contributed by atoms with E-state index in [0.717, 1.165) is 11.1 Å². The van der Waals surface area contributed by atoms with E-state index in [1.165, 1.54) is 0 Å². The second-order valence-corrected chi connectivity index (χ2v) is 8.18. The molecule has 0 aliphatic carbocycles. The van der Waals surface area contributed by atoms with Crippen LogP contribution in [0.1, 0.15) is 21.5 Å². The van der Waals surface area contributed by atoms with Crippen molar-refractivity contribution in [2.24, 2.45) is 11.7 Å². The first-order valence-electron chi connectivity index (χ1n) is 11.1. The highest BCUT2D eigenvalue weighted by atomic mass is 16.7. The third-order valence-corrected chi connectivity index (χ3v) is 5.80. The monoisotopic (exact) mass is 468 g/mol. The number of amidine groups is 1. The summed E-state index contributed by atoms with van der Waals surface area (Å²) >= 11 is 0. The number of hydrogen-bond acceptors (Lipinski definition) is 6. The zero-order chi connectivity index (χ0) is 24.2. The van der Waals surface area contributed by atoms with Gasteiger partial charge >= 0.3 is 0 Å². The molecule has 1 aliphatic rings. The summed E-state index contributed by atoms with van der Waals surface area (Å²) in [6.45, 7) is 0.540. The first kappa shape index (κ1) is 22.1. The molecule has 9 nitrogen and oxygen atoms in total. The Kier molecular flexibility index (Phi) is 6.13. The minimum absolute atomic E-state index is 0.0360. The van der Waals surface area contributed by atoms with E-state index >= 15 is 0 Å². The van der Waals surface area contributed by atoms with Crippen LogP contribution in [0.2, 0.25) is 0 Å². The first-order valence-corrected chi connectivity index (χ1v) is 11.1. The zero-order valence-corrected chi connectivity index (χ0v) is 18.8. The zero-order valence-electron chi connectivity index (χ0n) is 18.8. The fraction of sp³-hybridized carbons (Fsp3) is 0.154. The lowest BCUT2D eigenvalue weighted by molar-refractivity contribution is 0.0698. The van der Waals surface area contributed by atoms with Gasteiger partial charge in [0.15, 0.2) is 5.82 Å². The van der Waals surface area contributed by atoms with E-state index in [1.807, 2.05) is 30.3 Å². The Balaban J connectivity index is 1.37. The molecule has 1 aliphatic heterocycles. The highest BCUT2D eigenvalue weighted by Gasteiger charge is 2.23. The van der Waals surface area contributed by atoms with Crippen molar-refractivity contribution < 1.29 is 14.3 Å². The Hall–Kier alpha value is -4.66. The molecule has 176 valence electrons. The molecule has 1 amide bonds. The topological polar surface area (TPSA) is 139 Å². The lowest BCUT2D eigenvalue weighted by Crippen LogP contribution is -2.31. The Morgan fingerprint density at radius 2 is 2.03 bits per heavy atom. The molecule has 1 unspecified atom stereocenters. The molecule has 3 heterocycles. The number of H-pyrrole nitrogens is 1. The highest BCUT2D eigenvalue weighted by Crippen LogP contribution is 2.24. The smallest absolute Gasteiger partial charge is 0.253 e. The molecular weight excluding hydrogens is 444 g/mol. The summed E-state index contributed by atoms with van der Waals surface area (Å²) in [6.07, 6.45) is 3.92. The number of nitrogens with two attached hydrogens (primary N) is 1. The summed E-state index contributed by atoms with van der Waals surface area (Å²) < 4.78 is 10.9. The number of aromatic nitrogens is 3. The third-order valence-electron chi connectivity index (χ3n) is 5.80. The largest absolute Gasteiger partial charge is 0.462 e. The number of fused-ring (bicyclic) bond motifs is 1. The average molecular weight is 469 g/mol. The molecule has 2 aromatic heterocycles. The number of carbonyl (C=O) groups excluding carboxylic acids is 1. The number of nitrogens with zero attached hydrogens (tertiary/aromatic N) is 2. The van der Waals surface area contributed by atoms with Crippen LogP contribution in [0.3, 0.4) is 0 Å². The van der Waals surface area contributed by atoms with Gasteiger partial charge in [0.2, 0.25) is 6.79 Å². The van der Waals surface area contributed by atoms with Crippen molar-refractivity contribution in [2.45, 2.75) is 6.42 Å². The molecule has 2 aromatic carbocycles. The first-order chi connectivity index (χ1) is 17.1. The van der Waals surface area contributed by atoms with Gasteiger partial charge in [0.1, 0.15) is 23.6 Å². The number of carbonyl (C=O) groups is 1. The van der Waals surface area contributed by atoms with E-state index in [2.05, 4.69) is 20.3 Å². The second-order valence-electron chi connectivity index (χ2n) is 8.18. The van der Waals surface area contributed by atoms with Crippen molar-refractivity contribution in [3.05, 3.63) is 95.6 Å². The maximum atomic E-state index is 13.2. The van der Waals surface area contributed by atoms with Gasteiger partial charge in [-0.3, -0.25) is 15.2 Å². The number of nitrogens with one attached hydrogen (secondary N) is 3. The normalized spacial score (nSPS) is 13.5. The highest BCUT2D eigenvalue weighted by molar-refractivity contribution is 6.00. The van der Waals surface area contributed by atoms with Crippen LogP contribution in [-0.2, 0) is 15.9 Å². The lowest BCUT2D eigenvalue weighted by atomic mass is 9.97. The molecule has 0 fully saturated rings. The predicted molar refractivity (Wildman–Crippen MR) is 131 cm³/mol.